The third-order valence-electron chi connectivity index (χ3n) is 7.33. The molecule has 2 aliphatic heterocycles. The van der Waals surface area contributed by atoms with Crippen molar-refractivity contribution in [2.24, 2.45) is 0 Å². The van der Waals surface area contributed by atoms with Crippen molar-refractivity contribution in [3.05, 3.63) is 46.9 Å². The van der Waals surface area contributed by atoms with Gasteiger partial charge in [-0.1, -0.05) is 0 Å². The van der Waals surface area contributed by atoms with E-state index in [0.29, 0.717) is 79.5 Å². The Labute approximate surface area is 240 Å². The summed E-state index contributed by atoms with van der Waals surface area (Å²) >= 11 is 0. The second-order valence-corrected chi connectivity index (χ2v) is 12.8. The van der Waals surface area contributed by atoms with E-state index in [0.717, 1.165) is 0 Å². The molecule has 0 aliphatic carbocycles. The zero-order chi connectivity index (χ0) is 29.2. The lowest BCUT2D eigenvalue weighted by molar-refractivity contribution is 0.0110. The zero-order valence-corrected chi connectivity index (χ0v) is 24.3. The molecule has 3 aromatic rings. The van der Waals surface area contributed by atoms with Crippen LogP contribution in [0.25, 0.3) is 10.9 Å². The third-order valence-corrected chi connectivity index (χ3v) is 8.84. The highest BCUT2D eigenvalue weighted by Crippen LogP contribution is 2.37. The van der Waals surface area contributed by atoms with Gasteiger partial charge in [-0.3, -0.25) is 9.48 Å². The molecule has 0 bridgehead atoms. The maximum absolute atomic E-state index is 13.0. The Hall–Kier alpha value is -3.73. The van der Waals surface area contributed by atoms with Gasteiger partial charge in [0.05, 0.1) is 41.7 Å². The van der Waals surface area contributed by atoms with Crippen LogP contribution in [0.1, 0.15) is 40.0 Å². The molecule has 2 fully saturated rings. The summed E-state index contributed by atoms with van der Waals surface area (Å²) < 4.78 is 27.5. The summed E-state index contributed by atoms with van der Waals surface area (Å²) in [6.07, 6.45) is 2.30. The molecule has 1 amide bonds. The normalized spacial score (nSPS) is 18.5. The largest absolute Gasteiger partial charge is 0.444 e. The lowest BCUT2D eigenvalue weighted by Gasteiger charge is -2.41. The number of nitrogens with one attached hydrogen (secondary N) is 2. The van der Waals surface area contributed by atoms with Crippen molar-refractivity contribution in [3.63, 3.8) is 0 Å². The summed E-state index contributed by atoms with van der Waals surface area (Å²) in [5.74, 6) is 0.357. The summed E-state index contributed by atoms with van der Waals surface area (Å²) in [5, 5.41) is 18.3. The Morgan fingerprint density at radius 3 is 2.49 bits per heavy atom. The molecule has 1 atom stereocenters. The molecule has 0 saturated carbocycles. The fraction of sp³-hybridized carbons (Fsp3) is 0.500. The first-order valence-corrected chi connectivity index (χ1v) is 14.8. The number of rotatable bonds is 6. The number of carbonyl (C=O) groups is 1. The number of carbonyl (C=O) groups excluding carboxylic acids is 1. The number of aromatic amines is 1. The van der Waals surface area contributed by atoms with E-state index in [2.05, 4.69) is 16.4 Å². The van der Waals surface area contributed by atoms with Crippen molar-refractivity contribution in [1.82, 2.24) is 24.0 Å². The average molecular weight is 582 g/mol. The van der Waals surface area contributed by atoms with Crippen molar-refractivity contribution in [2.45, 2.75) is 56.1 Å². The second kappa shape index (κ2) is 11.6. The second-order valence-electron chi connectivity index (χ2n) is 11.3. The van der Waals surface area contributed by atoms with Gasteiger partial charge in [-0.25, -0.2) is 13.3 Å². The predicted octanol–water partition coefficient (Wildman–Crippen LogP) is 3.46. The van der Waals surface area contributed by atoms with Crippen molar-refractivity contribution in [3.8, 4) is 6.07 Å². The van der Waals surface area contributed by atoms with Gasteiger partial charge in [0.2, 0.25) is 0 Å². The molecule has 4 heterocycles. The first-order valence-electron chi connectivity index (χ1n) is 13.7. The van der Waals surface area contributed by atoms with Crippen LogP contribution < -0.4 is 10.9 Å². The minimum atomic E-state index is -1.29. The molecule has 2 aliphatic rings. The van der Waals surface area contributed by atoms with Crippen molar-refractivity contribution in [2.75, 3.05) is 44.7 Å². The molecule has 218 valence electrons. The Morgan fingerprint density at radius 2 is 1.85 bits per heavy atom. The molecule has 2 N–H and O–H groups in total. The van der Waals surface area contributed by atoms with Crippen LogP contribution in [0.15, 0.2) is 46.2 Å². The van der Waals surface area contributed by atoms with E-state index in [1.807, 2.05) is 25.1 Å². The van der Waals surface area contributed by atoms with E-state index in [1.165, 1.54) is 0 Å². The van der Waals surface area contributed by atoms with Gasteiger partial charge in [0.15, 0.2) is 5.82 Å². The van der Waals surface area contributed by atoms with Gasteiger partial charge in [0.25, 0.3) is 5.56 Å². The molecule has 5 rings (SSSR count). The molecule has 2 saturated heterocycles. The monoisotopic (exact) mass is 581 g/mol. The van der Waals surface area contributed by atoms with Gasteiger partial charge >= 0.3 is 6.09 Å². The van der Waals surface area contributed by atoms with Crippen LogP contribution >= 0.6 is 0 Å². The van der Waals surface area contributed by atoms with Crippen LogP contribution in [-0.2, 0) is 26.0 Å². The van der Waals surface area contributed by atoms with Gasteiger partial charge in [-0.15, -0.1) is 0 Å². The average Bonchev–Trinajstić information content (AvgIpc) is 3.33. The molecule has 1 unspecified atom stereocenters. The van der Waals surface area contributed by atoms with Crippen LogP contribution in [0.4, 0.5) is 16.3 Å². The number of fused-ring (bicyclic) bond motifs is 1. The van der Waals surface area contributed by atoms with E-state index in [1.54, 1.807) is 46.1 Å². The number of hydrogen-bond donors (Lipinski definition) is 2. The highest BCUT2D eigenvalue weighted by Gasteiger charge is 2.41. The molecule has 12 nitrogen and oxygen atoms in total. The SMILES string of the molecule is CC(C)(C)OC(=O)N1CCC(CC#N)(n2nc(Nc3ccc(S(=O)N4CCOCC4)cc3)c3c(=O)[nH]ccc32)CC1. The summed E-state index contributed by atoms with van der Waals surface area (Å²) in [6.45, 7) is 8.61. The number of nitrogens with zero attached hydrogens (tertiary/aromatic N) is 5. The number of ether oxygens (including phenoxy) is 2. The molecule has 0 radical (unpaired) electrons. The third kappa shape index (κ3) is 6.14. The Morgan fingerprint density at radius 1 is 1.17 bits per heavy atom. The van der Waals surface area contributed by atoms with Crippen LogP contribution in [0.5, 0.6) is 0 Å². The molecule has 41 heavy (non-hydrogen) atoms. The zero-order valence-electron chi connectivity index (χ0n) is 23.5. The molecule has 0 spiro atoms. The number of amides is 1. The minimum Gasteiger partial charge on any atom is -0.444 e. The number of anilines is 2. The lowest BCUT2D eigenvalue weighted by atomic mass is 9.85. The van der Waals surface area contributed by atoms with Crippen molar-refractivity contribution in [1.29, 1.82) is 5.26 Å². The topological polar surface area (TPSA) is 146 Å². The summed E-state index contributed by atoms with van der Waals surface area (Å²) in [6, 6.07) is 11.3. The number of H-pyrrole nitrogens is 1. The van der Waals surface area contributed by atoms with E-state index < -0.39 is 22.1 Å². The van der Waals surface area contributed by atoms with Gasteiger partial charge in [-0.2, -0.15) is 10.4 Å². The van der Waals surface area contributed by atoms with Crippen molar-refractivity contribution >= 4 is 39.5 Å². The quantitative estimate of drug-likeness (QED) is 0.450. The highest BCUT2D eigenvalue weighted by atomic mass is 32.2. The fourth-order valence-electron chi connectivity index (χ4n) is 5.22. The number of nitriles is 1. The first kappa shape index (κ1) is 28.8. The number of morpholine rings is 1. The fourth-order valence-corrected chi connectivity index (χ4v) is 6.37. The summed E-state index contributed by atoms with van der Waals surface area (Å²) in [4.78, 5) is 30.7. The van der Waals surface area contributed by atoms with Crippen LogP contribution in [0, 0.1) is 11.3 Å². The molecule has 1 aromatic carbocycles. The number of likely N-dealkylation sites (tertiary alicyclic amines) is 1. The molecule has 2 aromatic heterocycles. The molecule has 13 heteroatoms. The smallest absolute Gasteiger partial charge is 0.410 e. The molecular formula is C28H35N7O5S. The maximum atomic E-state index is 13.0. The van der Waals surface area contributed by atoms with Crippen LogP contribution in [0.3, 0.4) is 0 Å². The van der Waals surface area contributed by atoms with Gasteiger partial charge in [0, 0.05) is 38.1 Å². The number of aromatic nitrogens is 3. The Kier molecular flexibility index (Phi) is 8.17. The minimum absolute atomic E-state index is 0.167. The number of piperidine rings is 1. The number of pyridine rings is 1. The van der Waals surface area contributed by atoms with Crippen LogP contribution in [0.2, 0.25) is 0 Å². The van der Waals surface area contributed by atoms with E-state index in [4.69, 9.17) is 14.6 Å². The summed E-state index contributed by atoms with van der Waals surface area (Å²) in [7, 11) is -1.29. The standard InChI is InChI=1S/C28H35N7O5S/c1-27(2,3)40-26(37)33-14-10-28(9-12-29,11-15-33)35-22-8-13-30-25(36)23(22)24(32-35)31-20-4-6-21(7-5-20)41(38)34-16-18-39-19-17-34/h4-8,13H,9-11,14-19H2,1-3H3,(H,30,36)(H,31,32). The van der Waals surface area contributed by atoms with E-state index in [-0.39, 0.29) is 18.1 Å². The first-order chi connectivity index (χ1) is 19.6. The predicted molar refractivity (Wildman–Crippen MR) is 154 cm³/mol. The summed E-state index contributed by atoms with van der Waals surface area (Å²) in [5.41, 5.74) is -0.343. The van der Waals surface area contributed by atoms with Gasteiger partial charge in [-0.05, 0) is 63.9 Å². The number of hydrogen-bond acceptors (Lipinski definition) is 8. The van der Waals surface area contributed by atoms with Gasteiger partial charge in [0.1, 0.15) is 22.0 Å². The van der Waals surface area contributed by atoms with Crippen molar-refractivity contribution < 1.29 is 18.5 Å². The highest BCUT2D eigenvalue weighted by molar-refractivity contribution is 7.82. The maximum Gasteiger partial charge on any atom is 0.410 e. The molecular weight excluding hydrogens is 546 g/mol. The Bertz CT molecular complexity index is 1520. The Balaban J connectivity index is 1.42. The van der Waals surface area contributed by atoms with Gasteiger partial charge < -0.3 is 24.7 Å². The lowest BCUT2D eigenvalue weighted by Crippen LogP contribution is -2.49. The van der Waals surface area contributed by atoms with Crippen LogP contribution in [-0.4, -0.2) is 79.3 Å². The van der Waals surface area contributed by atoms with E-state index >= 15 is 0 Å². The van der Waals surface area contributed by atoms with E-state index in [9.17, 15) is 19.1 Å². The number of benzene rings is 1.